The molecule has 2 aliphatic rings. The van der Waals surface area contributed by atoms with Crippen LogP contribution in [0, 0.1) is 17.8 Å². The second-order valence-corrected chi connectivity index (χ2v) is 6.30. The van der Waals surface area contributed by atoms with Crippen LogP contribution in [0.4, 0.5) is 13.2 Å². The topological polar surface area (TPSA) is 46.3 Å². The summed E-state index contributed by atoms with van der Waals surface area (Å²) in [5.74, 6) is -1.15. The minimum atomic E-state index is -4.11. The highest BCUT2D eigenvalue weighted by molar-refractivity contribution is 5.79. The van der Waals surface area contributed by atoms with Gasteiger partial charge < -0.3 is 10.6 Å². The summed E-state index contributed by atoms with van der Waals surface area (Å²) in [6.07, 6.45) is -2.43. The SMILES string of the molecule is CC1CN(C(=O)C2CCC(C(F)(F)F)CC2)CCC1N. The van der Waals surface area contributed by atoms with Gasteiger partial charge in [-0.05, 0) is 38.0 Å². The lowest BCUT2D eigenvalue weighted by molar-refractivity contribution is -0.185. The highest BCUT2D eigenvalue weighted by atomic mass is 19.4. The van der Waals surface area contributed by atoms with E-state index in [2.05, 4.69) is 0 Å². The number of likely N-dealkylation sites (tertiary alicyclic amines) is 1. The number of alkyl halides is 3. The van der Waals surface area contributed by atoms with Crippen molar-refractivity contribution in [1.82, 2.24) is 4.90 Å². The van der Waals surface area contributed by atoms with Gasteiger partial charge in [0, 0.05) is 25.0 Å². The summed E-state index contributed by atoms with van der Waals surface area (Å²) < 4.78 is 37.8. The third kappa shape index (κ3) is 3.45. The number of nitrogens with zero attached hydrogens (tertiary/aromatic N) is 1. The van der Waals surface area contributed by atoms with Gasteiger partial charge in [0.25, 0.3) is 0 Å². The highest BCUT2D eigenvalue weighted by Gasteiger charge is 2.43. The highest BCUT2D eigenvalue weighted by Crippen LogP contribution is 2.40. The molecule has 2 N–H and O–H groups in total. The number of nitrogens with two attached hydrogens (primary N) is 1. The Morgan fingerprint density at radius 3 is 2.25 bits per heavy atom. The molecule has 0 radical (unpaired) electrons. The molecule has 2 rings (SSSR count). The summed E-state index contributed by atoms with van der Waals surface area (Å²) in [6, 6.07) is 0.125. The molecular formula is C14H23F3N2O. The number of carbonyl (C=O) groups excluding carboxylic acids is 1. The van der Waals surface area contributed by atoms with Crippen molar-refractivity contribution in [1.29, 1.82) is 0 Å². The summed E-state index contributed by atoms with van der Waals surface area (Å²) in [5, 5.41) is 0. The van der Waals surface area contributed by atoms with Gasteiger partial charge in [0.15, 0.2) is 0 Å². The van der Waals surface area contributed by atoms with Crippen LogP contribution < -0.4 is 5.73 Å². The maximum Gasteiger partial charge on any atom is 0.391 e. The van der Waals surface area contributed by atoms with Gasteiger partial charge in [-0.25, -0.2) is 0 Å². The van der Waals surface area contributed by atoms with Crippen LogP contribution in [0.5, 0.6) is 0 Å². The Bertz CT molecular complexity index is 351. The molecule has 1 aliphatic heterocycles. The number of hydrogen-bond donors (Lipinski definition) is 1. The predicted octanol–water partition coefficient (Wildman–Crippen LogP) is 2.55. The molecule has 0 aromatic carbocycles. The zero-order valence-corrected chi connectivity index (χ0v) is 11.8. The van der Waals surface area contributed by atoms with E-state index in [1.165, 1.54) is 0 Å². The van der Waals surface area contributed by atoms with E-state index in [1.807, 2.05) is 6.92 Å². The normalized spacial score (nSPS) is 36.0. The first kappa shape index (κ1) is 15.6. The van der Waals surface area contributed by atoms with Crippen molar-refractivity contribution in [3.8, 4) is 0 Å². The van der Waals surface area contributed by atoms with Crippen molar-refractivity contribution in [2.24, 2.45) is 23.5 Å². The Morgan fingerprint density at radius 2 is 1.75 bits per heavy atom. The molecule has 1 amide bonds. The second kappa shape index (κ2) is 5.92. The average molecular weight is 292 g/mol. The molecule has 2 unspecified atom stereocenters. The maximum absolute atomic E-state index is 12.6. The lowest BCUT2D eigenvalue weighted by atomic mass is 9.80. The fraction of sp³-hybridized carbons (Fsp3) is 0.929. The van der Waals surface area contributed by atoms with E-state index in [0.717, 1.165) is 6.42 Å². The largest absolute Gasteiger partial charge is 0.391 e. The molecule has 1 heterocycles. The summed E-state index contributed by atoms with van der Waals surface area (Å²) in [7, 11) is 0. The Hall–Kier alpha value is -0.780. The smallest absolute Gasteiger partial charge is 0.342 e. The van der Waals surface area contributed by atoms with Crippen LogP contribution >= 0.6 is 0 Å². The lowest BCUT2D eigenvalue weighted by Crippen LogP contribution is -2.50. The molecule has 1 aliphatic carbocycles. The monoisotopic (exact) mass is 292 g/mol. The van der Waals surface area contributed by atoms with Crippen LogP contribution in [0.3, 0.4) is 0 Å². The van der Waals surface area contributed by atoms with E-state index < -0.39 is 12.1 Å². The Balaban J connectivity index is 1.86. The first-order chi connectivity index (χ1) is 9.29. The van der Waals surface area contributed by atoms with Gasteiger partial charge in [-0.3, -0.25) is 4.79 Å². The van der Waals surface area contributed by atoms with Gasteiger partial charge in [0.05, 0.1) is 5.92 Å². The molecule has 0 bridgehead atoms. The summed E-state index contributed by atoms with van der Waals surface area (Å²) in [5.41, 5.74) is 5.92. The minimum Gasteiger partial charge on any atom is -0.342 e. The van der Waals surface area contributed by atoms with E-state index in [-0.39, 0.29) is 36.6 Å². The Morgan fingerprint density at radius 1 is 1.15 bits per heavy atom. The third-order valence-corrected chi connectivity index (χ3v) is 4.82. The minimum absolute atomic E-state index is 0.0318. The van der Waals surface area contributed by atoms with Crippen molar-refractivity contribution >= 4 is 5.91 Å². The summed E-state index contributed by atoms with van der Waals surface area (Å²) in [4.78, 5) is 14.2. The van der Waals surface area contributed by atoms with E-state index in [9.17, 15) is 18.0 Å². The van der Waals surface area contributed by atoms with E-state index in [1.54, 1.807) is 4.90 Å². The number of piperidine rings is 1. The van der Waals surface area contributed by atoms with Crippen molar-refractivity contribution < 1.29 is 18.0 Å². The first-order valence-corrected chi connectivity index (χ1v) is 7.40. The van der Waals surface area contributed by atoms with Crippen LogP contribution in [0.1, 0.15) is 39.0 Å². The van der Waals surface area contributed by atoms with Crippen LogP contribution in [0.25, 0.3) is 0 Å². The maximum atomic E-state index is 12.6. The molecule has 0 aromatic heterocycles. The number of carbonyl (C=O) groups is 1. The molecule has 2 fully saturated rings. The van der Waals surface area contributed by atoms with Gasteiger partial charge in [0.2, 0.25) is 5.91 Å². The molecule has 1 saturated heterocycles. The molecule has 6 heteroatoms. The molecule has 0 spiro atoms. The standard InChI is InChI=1S/C14H23F3N2O/c1-9-8-19(7-6-12(9)18)13(20)10-2-4-11(5-3-10)14(15,16)17/h9-12H,2-8,18H2,1H3. The lowest BCUT2D eigenvalue weighted by Gasteiger charge is -2.38. The second-order valence-electron chi connectivity index (χ2n) is 6.30. The van der Waals surface area contributed by atoms with Crippen LogP contribution in [-0.4, -0.2) is 36.1 Å². The molecule has 0 aromatic rings. The first-order valence-electron chi connectivity index (χ1n) is 7.40. The fourth-order valence-corrected chi connectivity index (χ4v) is 3.29. The van der Waals surface area contributed by atoms with Gasteiger partial charge in [-0.15, -0.1) is 0 Å². The number of amides is 1. The molecule has 20 heavy (non-hydrogen) atoms. The predicted molar refractivity (Wildman–Crippen MR) is 69.8 cm³/mol. The molecular weight excluding hydrogens is 269 g/mol. The van der Waals surface area contributed by atoms with E-state index in [4.69, 9.17) is 5.73 Å². The van der Waals surface area contributed by atoms with Crippen molar-refractivity contribution in [2.75, 3.05) is 13.1 Å². The van der Waals surface area contributed by atoms with Crippen molar-refractivity contribution in [3.05, 3.63) is 0 Å². The quantitative estimate of drug-likeness (QED) is 0.807. The van der Waals surface area contributed by atoms with Crippen LogP contribution in [0.15, 0.2) is 0 Å². The molecule has 3 nitrogen and oxygen atoms in total. The molecule has 116 valence electrons. The van der Waals surface area contributed by atoms with Crippen LogP contribution in [0.2, 0.25) is 0 Å². The van der Waals surface area contributed by atoms with Gasteiger partial charge >= 0.3 is 6.18 Å². The van der Waals surface area contributed by atoms with Crippen LogP contribution in [-0.2, 0) is 4.79 Å². The van der Waals surface area contributed by atoms with Gasteiger partial charge in [-0.2, -0.15) is 13.2 Å². The van der Waals surface area contributed by atoms with E-state index >= 15 is 0 Å². The van der Waals surface area contributed by atoms with E-state index in [0.29, 0.717) is 25.9 Å². The van der Waals surface area contributed by atoms with Gasteiger partial charge in [0.1, 0.15) is 0 Å². The number of halogens is 3. The molecule has 2 atom stereocenters. The third-order valence-electron chi connectivity index (χ3n) is 4.82. The average Bonchev–Trinajstić information content (AvgIpc) is 2.40. The van der Waals surface area contributed by atoms with Crippen molar-refractivity contribution in [2.45, 2.75) is 51.2 Å². The van der Waals surface area contributed by atoms with Crippen molar-refractivity contribution in [3.63, 3.8) is 0 Å². The van der Waals surface area contributed by atoms with Gasteiger partial charge in [-0.1, -0.05) is 6.92 Å². The molecule has 1 saturated carbocycles. The fourth-order valence-electron chi connectivity index (χ4n) is 3.29. The zero-order chi connectivity index (χ0) is 14.9. The number of rotatable bonds is 1. The Kier molecular flexibility index (Phi) is 4.62. The number of hydrogen-bond acceptors (Lipinski definition) is 2. The summed E-state index contributed by atoms with van der Waals surface area (Å²) >= 11 is 0. The zero-order valence-electron chi connectivity index (χ0n) is 11.8. The Labute approximate surface area is 117 Å². The summed E-state index contributed by atoms with van der Waals surface area (Å²) in [6.45, 7) is 3.30.